The minimum Gasteiger partial charge on any atom is -0.493 e. The number of halogens is 1. The average molecular weight is 414 g/mol. The monoisotopic (exact) mass is 414 g/mol. The lowest BCUT2D eigenvalue weighted by Gasteiger charge is -2.32. The van der Waals surface area contributed by atoms with Gasteiger partial charge in [0.2, 0.25) is 5.91 Å². The highest BCUT2D eigenvalue weighted by Gasteiger charge is 2.22. The van der Waals surface area contributed by atoms with Crippen molar-refractivity contribution in [2.75, 3.05) is 39.2 Å². The minimum absolute atomic E-state index is 0.0614. The first-order valence-corrected chi connectivity index (χ1v) is 9.86. The third kappa shape index (κ3) is 5.20. The second kappa shape index (κ2) is 9.96. The first kappa shape index (κ1) is 21.4. The van der Waals surface area contributed by atoms with Crippen LogP contribution in [0.4, 0.5) is 10.1 Å². The molecule has 0 bridgehead atoms. The molecule has 2 aromatic carbocycles. The maximum Gasteiger partial charge on any atom is 0.246 e. The van der Waals surface area contributed by atoms with Crippen LogP contribution < -0.4 is 20.1 Å². The smallest absolute Gasteiger partial charge is 0.246 e. The van der Waals surface area contributed by atoms with Crippen molar-refractivity contribution in [1.29, 1.82) is 0 Å². The molecule has 0 unspecified atom stereocenters. The Balaban J connectivity index is 1.71. The maximum atomic E-state index is 13.3. The predicted octanol–water partition coefficient (Wildman–Crippen LogP) is 2.81. The molecule has 2 N–H and O–H groups in total. The van der Waals surface area contributed by atoms with Gasteiger partial charge >= 0.3 is 0 Å². The molecule has 0 spiro atoms. The minimum atomic E-state index is -0.399. The van der Waals surface area contributed by atoms with Crippen LogP contribution in [-0.2, 0) is 17.8 Å². The van der Waals surface area contributed by atoms with Crippen molar-refractivity contribution < 1.29 is 18.7 Å². The van der Waals surface area contributed by atoms with E-state index < -0.39 is 5.82 Å². The Hall–Kier alpha value is -3.29. The Morgan fingerprint density at radius 2 is 1.90 bits per heavy atom. The predicted molar refractivity (Wildman–Crippen MR) is 115 cm³/mol. The number of carbonyl (C=O) groups excluding carboxylic acids is 1. The maximum absolute atomic E-state index is 13.3. The van der Waals surface area contributed by atoms with Crippen LogP contribution in [0, 0.1) is 5.82 Å². The third-order valence-corrected chi connectivity index (χ3v) is 4.83. The molecule has 0 aromatic heterocycles. The number of nitrogens with zero attached hydrogens (tertiary/aromatic N) is 2. The summed E-state index contributed by atoms with van der Waals surface area (Å²) in [5.41, 5.74) is 2.76. The van der Waals surface area contributed by atoms with Gasteiger partial charge in [-0.25, -0.2) is 9.38 Å². The lowest BCUT2D eigenvalue weighted by atomic mass is 9.99. The van der Waals surface area contributed by atoms with E-state index in [2.05, 4.69) is 20.5 Å². The summed E-state index contributed by atoms with van der Waals surface area (Å²) in [6.45, 7) is 4.01. The van der Waals surface area contributed by atoms with Crippen molar-refractivity contribution in [3.63, 3.8) is 0 Å². The van der Waals surface area contributed by atoms with E-state index in [4.69, 9.17) is 9.47 Å². The summed E-state index contributed by atoms with van der Waals surface area (Å²) >= 11 is 0. The summed E-state index contributed by atoms with van der Waals surface area (Å²) < 4.78 is 24.1. The number of amides is 1. The van der Waals surface area contributed by atoms with Crippen molar-refractivity contribution in [1.82, 2.24) is 10.2 Å². The zero-order chi connectivity index (χ0) is 21.5. The summed E-state index contributed by atoms with van der Waals surface area (Å²) in [6, 6.07) is 9.79. The molecule has 3 rings (SSSR count). The van der Waals surface area contributed by atoms with E-state index in [0.29, 0.717) is 30.5 Å². The van der Waals surface area contributed by atoms with Gasteiger partial charge < -0.3 is 25.0 Å². The molecule has 8 heteroatoms. The fraction of sp³-hybridized carbons (Fsp3) is 0.364. The van der Waals surface area contributed by atoms with E-state index in [1.165, 1.54) is 17.7 Å². The Morgan fingerprint density at radius 1 is 1.17 bits per heavy atom. The Labute approximate surface area is 175 Å². The van der Waals surface area contributed by atoms with Crippen LogP contribution in [-0.4, -0.2) is 50.6 Å². The Kier molecular flexibility index (Phi) is 7.11. The molecule has 7 nitrogen and oxygen atoms in total. The van der Waals surface area contributed by atoms with Gasteiger partial charge in [0.05, 0.1) is 14.2 Å². The first-order chi connectivity index (χ1) is 14.5. The zero-order valence-corrected chi connectivity index (χ0v) is 17.5. The van der Waals surface area contributed by atoms with Gasteiger partial charge in [0.25, 0.3) is 0 Å². The molecular formula is C22H27FN4O3. The normalized spacial score (nSPS) is 13.5. The van der Waals surface area contributed by atoms with Gasteiger partial charge in [0.15, 0.2) is 17.5 Å². The quantitative estimate of drug-likeness (QED) is 0.562. The zero-order valence-electron chi connectivity index (χ0n) is 17.5. The number of aliphatic imine (C=N–C) groups is 1. The molecule has 1 aliphatic rings. The number of hydrogen-bond acceptors (Lipinski definition) is 4. The molecule has 160 valence electrons. The van der Waals surface area contributed by atoms with Crippen LogP contribution in [0.15, 0.2) is 41.4 Å². The van der Waals surface area contributed by atoms with E-state index in [0.717, 1.165) is 24.3 Å². The van der Waals surface area contributed by atoms with E-state index in [-0.39, 0.29) is 12.5 Å². The van der Waals surface area contributed by atoms with E-state index >= 15 is 0 Å². The Bertz CT molecular complexity index is 933. The van der Waals surface area contributed by atoms with Crippen LogP contribution in [0.2, 0.25) is 0 Å². The van der Waals surface area contributed by atoms with Crippen LogP contribution in [0.3, 0.4) is 0 Å². The van der Waals surface area contributed by atoms with Crippen molar-refractivity contribution in [3.05, 3.63) is 53.3 Å². The van der Waals surface area contributed by atoms with Gasteiger partial charge in [-0.3, -0.25) is 4.79 Å². The molecule has 1 amide bonds. The second-order valence-electron chi connectivity index (χ2n) is 6.88. The number of anilines is 1. The molecule has 0 atom stereocenters. The molecule has 1 aliphatic heterocycles. The molecule has 0 saturated carbocycles. The van der Waals surface area contributed by atoms with Crippen LogP contribution in [0.1, 0.15) is 18.1 Å². The lowest BCUT2D eigenvalue weighted by molar-refractivity contribution is -0.114. The number of rotatable bonds is 6. The van der Waals surface area contributed by atoms with Crippen LogP contribution >= 0.6 is 0 Å². The molecule has 2 aromatic rings. The largest absolute Gasteiger partial charge is 0.493 e. The van der Waals surface area contributed by atoms with Gasteiger partial charge in [0, 0.05) is 25.3 Å². The van der Waals surface area contributed by atoms with Crippen LogP contribution in [0.5, 0.6) is 11.5 Å². The van der Waals surface area contributed by atoms with Gasteiger partial charge in [-0.2, -0.15) is 0 Å². The number of benzene rings is 2. The number of ether oxygens (including phenoxy) is 2. The summed E-state index contributed by atoms with van der Waals surface area (Å²) in [6.07, 6.45) is 0.829. The highest BCUT2D eigenvalue weighted by atomic mass is 19.1. The van der Waals surface area contributed by atoms with Gasteiger partial charge in [-0.15, -0.1) is 0 Å². The third-order valence-electron chi connectivity index (χ3n) is 4.83. The molecule has 0 fully saturated rings. The molecule has 1 heterocycles. The van der Waals surface area contributed by atoms with E-state index in [1.807, 2.05) is 19.1 Å². The summed E-state index contributed by atoms with van der Waals surface area (Å²) in [5.74, 6) is 1.37. The van der Waals surface area contributed by atoms with Crippen LogP contribution in [0.25, 0.3) is 0 Å². The number of fused-ring (bicyclic) bond motifs is 1. The van der Waals surface area contributed by atoms with Gasteiger partial charge in [0.1, 0.15) is 12.4 Å². The summed E-state index contributed by atoms with van der Waals surface area (Å²) in [7, 11) is 3.25. The number of guanidine groups is 1. The molecule has 30 heavy (non-hydrogen) atoms. The number of hydrogen-bond donors (Lipinski definition) is 2. The topological polar surface area (TPSA) is 75.2 Å². The number of carbonyl (C=O) groups is 1. The van der Waals surface area contributed by atoms with Crippen molar-refractivity contribution in [2.45, 2.75) is 19.9 Å². The second-order valence-corrected chi connectivity index (χ2v) is 6.88. The fourth-order valence-electron chi connectivity index (χ4n) is 3.40. The lowest BCUT2D eigenvalue weighted by Crippen LogP contribution is -2.44. The number of nitrogens with one attached hydrogen (secondary N) is 2. The summed E-state index contributed by atoms with van der Waals surface area (Å²) in [4.78, 5) is 18.8. The first-order valence-electron chi connectivity index (χ1n) is 9.86. The number of methoxy groups -OCH3 is 2. The van der Waals surface area contributed by atoms with Gasteiger partial charge in [-0.1, -0.05) is 6.07 Å². The average Bonchev–Trinajstić information content (AvgIpc) is 2.75. The van der Waals surface area contributed by atoms with E-state index in [9.17, 15) is 9.18 Å². The molecule has 0 radical (unpaired) electrons. The molecular weight excluding hydrogens is 387 g/mol. The SMILES string of the molecule is CCNC(=NCC(=O)Nc1cccc(F)c1)N1CCc2cc(OC)c(OC)cc2C1. The van der Waals surface area contributed by atoms with Crippen molar-refractivity contribution in [2.24, 2.45) is 4.99 Å². The summed E-state index contributed by atoms with van der Waals surface area (Å²) in [5, 5.41) is 5.91. The van der Waals surface area contributed by atoms with Gasteiger partial charge in [-0.05, 0) is 54.8 Å². The highest BCUT2D eigenvalue weighted by molar-refractivity contribution is 5.94. The van der Waals surface area contributed by atoms with E-state index in [1.54, 1.807) is 26.4 Å². The Morgan fingerprint density at radius 3 is 2.57 bits per heavy atom. The fourth-order valence-corrected chi connectivity index (χ4v) is 3.40. The molecule has 0 aliphatic carbocycles. The van der Waals surface area contributed by atoms with Crippen molar-refractivity contribution in [3.8, 4) is 11.5 Å². The molecule has 0 saturated heterocycles. The highest BCUT2D eigenvalue weighted by Crippen LogP contribution is 2.33. The standard InChI is InChI=1S/C22H27FN4O3/c1-4-24-22(25-13-21(28)26-18-7-5-6-17(23)12-18)27-9-8-15-10-19(29-2)20(30-3)11-16(15)14-27/h5-7,10-12H,4,8-9,13-14H2,1-3H3,(H,24,25)(H,26,28). The van der Waals surface area contributed by atoms with Crippen molar-refractivity contribution >= 4 is 17.6 Å².